The van der Waals surface area contributed by atoms with Crippen LogP contribution in [0.15, 0.2) is 30.3 Å². The largest absolute Gasteiger partial charge is 0.480 e. The van der Waals surface area contributed by atoms with Gasteiger partial charge in [-0.2, -0.15) is 11.8 Å². The van der Waals surface area contributed by atoms with Crippen molar-refractivity contribution in [1.82, 2.24) is 16.0 Å². The van der Waals surface area contributed by atoms with E-state index in [1.165, 1.54) is 18.7 Å². The molecule has 4 unspecified atom stereocenters. The van der Waals surface area contributed by atoms with Crippen LogP contribution in [0.4, 0.5) is 0 Å². The highest BCUT2D eigenvalue weighted by Crippen LogP contribution is 2.04. The Hall–Kier alpha value is -3.12. The second-order valence-electron chi connectivity index (χ2n) is 7.44. The number of benzene rings is 1. The lowest BCUT2D eigenvalue weighted by Gasteiger charge is -2.23. The van der Waals surface area contributed by atoms with Crippen LogP contribution in [0.25, 0.3) is 0 Å². The van der Waals surface area contributed by atoms with Crippen molar-refractivity contribution in [3.05, 3.63) is 35.9 Å². The molecule has 0 saturated carbocycles. The molecule has 0 saturated heterocycles. The number of carbonyl (C=O) groups excluding carboxylic acids is 4. The van der Waals surface area contributed by atoms with E-state index in [1.807, 2.05) is 30.3 Å². The number of amides is 4. The number of nitrogens with one attached hydrogen (secondary N) is 3. The van der Waals surface area contributed by atoms with Crippen molar-refractivity contribution >= 4 is 41.4 Å². The van der Waals surface area contributed by atoms with Gasteiger partial charge in [-0.05, 0) is 37.3 Å². The first-order valence-corrected chi connectivity index (χ1v) is 11.6. The average Bonchev–Trinajstić information content (AvgIpc) is 2.75. The average molecular weight is 482 g/mol. The summed E-state index contributed by atoms with van der Waals surface area (Å²) in [4.78, 5) is 60.2. The van der Waals surface area contributed by atoms with Crippen LogP contribution in [0, 0.1) is 0 Å². The third-order valence-corrected chi connectivity index (χ3v) is 5.29. The van der Waals surface area contributed by atoms with Gasteiger partial charge in [0.25, 0.3) is 0 Å². The summed E-state index contributed by atoms with van der Waals surface area (Å²) in [5, 5.41) is 16.4. The van der Waals surface area contributed by atoms with Crippen LogP contribution < -0.4 is 27.4 Å². The molecule has 0 heterocycles. The Morgan fingerprint density at radius 1 is 0.970 bits per heavy atom. The summed E-state index contributed by atoms with van der Waals surface area (Å²) in [5.41, 5.74) is 11.9. The lowest BCUT2D eigenvalue weighted by molar-refractivity contribution is -0.142. The number of primary amides is 1. The second-order valence-corrected chi connectivity index (χ2v) is 8.42. The fourth-order valence-corrected chi connectivity index (χ4v) is 3.29. The molecule has 1 aromatic carbocycles. The third-order valence-electron chi connectivity index (χ3n) is 4.65. The summed E-state index contributed by atoms with van der Waals surface area (Å²) < 4.78 is 0. The molecule has 0 aromatic heterocycles. The molecule has 0 radical (unpaired) electrons. The highest BCUT2D eigenvalue weighted by molar-refractivity contribution is 7.98. The molecule has 0 bridgehead atoms. The number of carbonyl (C=O) groups is 5. The monoisotopic (exact) mass is 481 g/mol. The molecule has 182 valence electrons. The maximum absolute atomic E-state index is 12.5. The molecule has 4 amide bonds. The molecule has 1 aromatic rings. The summed E-state index contributed by atoms with van der Waals surface area (Å²) in [7, 11) is 0. The van der Waals surface area contributed by atoms with Crippen molar-refractivity contribution in [2.45, 2.75) is 50.4 Å². The molecule has 1 rings (SSSR count). The summed E-state index contributed by atoms with van der Waals surface area (Å²) >= 11 is 1.41. The number of hydrogen-bond acceptors (Lipinski definition) is 7. The molecular weight excluding hydrogens is 450 g/mol. The Morgan fingerprint density at radius 3 is 2.12 bits per heavy atom. The van der Waals surface area contributed by atoms with Crippen LogP contribution in [-0.4, -0.2) is 70.9 Å². The topological polar surface area (TPSA) is 194 Å². The van der Waals surface area contributed by atoms with Crippen LogP contribution in [0.1, 0.15) is 25.3 Å². The lowest BCUT2D eigenvalue weighted by atomic mass is 10.1. The minimum Gasteiger partial charge on any atom is -0.480 e. The molecule has 12 heteroatoms. The molecule has 0 spiro atoms. The van der Waals surface area contributed by atoms with Gasteiger partial charge in [-0.1, -0.05) is 30.3 Å². The highest BCUT2D eigenvalue weighted by Gasteiger charge is 2.29. The van der Waals surface area contributed by atoms with E-state index in [0.29, 0.717) is 5.75 Å². The number of aliphatic carboxylic acids is 1. The zero-order chi connectivity index (χ0) is 25.0. The van der Waals surface area contributed by atoms with E-state index in [4.69, 9.17) is 11.5 Å². The number of nitrogens with two attached hydrogens (primary N) is 2. The van der Waals surface area contributed by atoms with Crippen LogP contribution in [0.3, 0.4) is 0 Å². The predicted molar refractivity (Wildman–Crippen MR) is 124 cm³/mol. The normalized spacial score (nSPS) is 14.3. The molecular formula is C21H31N5O6S. The minimum absolute atomic E-state index is 0.158. The van der Waals surface area contributed by atoms with Gasteiger partial charge in [-0.25, -0.2) is 4.79 Å². The van der Waals surface area contributed by atoms with E-state index in [1.54, 1.807) is 6.26 Å². The van der Waals surface area contributed by atoms with Crippen molar-refractivity contribution < 1.29 is 29.1 Å². The van der Waals surface area contributed by atoms with E-state index < -0.39 is 60.2 Å². The maximum atomic E-state index is 12.5. The number of rotatable bonds is 14. The van der Waals surface area contributed by atoms with Gasteiger partial charge in [0.15, 0.2) is 0 Å². The molecule has 0 fully saturated rings. The van der Waals surface area contributed by atoms with E-state index in [-0.39, 0.29) is 12.8 Å². The zero-order valence-electron chi connectivity index (χ0n) is 18.6. The van der Waals surface area contributed by atoms with E-state index in [9.17, 15) is 29.1 Å². The minimum atomic E-state index is -1.40. The number of carboxylic acid groups (broad SMARTS) is 1. The molecule has 0 aliphatic rings. The SMILES string of the molecule is CSCCC(NC(=O)C(CC(N)=O)NC(=O)C(C)NC(=O)C(N)Cc1ccccc1)C(=O)O. The summed E-state index contributed by atoms with van der Waals surface area (Å²) in [6.45, 7) is 1.39. The smallest absolute Gasteiger partial charge is 0.326 e. The molecule has 33 heavy (non-hydrogen) atoms. The first-order chi connectivity index (χ1) is 15.5. The van der Waals surface area contributed by atoms with E-state index in [0.717, 1.165) is 5.56 Å². The summed E-state index contributed by atoms with van der Waals surface area (Å²) in [6, 6.07) is 4.54. The number of thioether (sulfide) groups is 1. The Labute approximate surface area is 196 Å². The standard InChI is InChI=1S/C21H31N5O6S/c1-12(24-19(29)14(22)10-13-6-4-3-5-7-13)18(28)26-16(11-17(23)27)20(30)25-15(21(31)32)8-9-33-2/h3-7,12,14-16H,8-11,22H2,1-2H3,(H2,23,27)(H,24,29)(H,25,30)(H,26,28)(H,31,32). The Balaban J connectivity index is 2.73. The predicted octanol–water partition coefficient (Wildman–Crippen LogP) is -1.26. The van der Waals surface area contributed by atoms with Crippen molar-refractivity contribution in [1.29, 1.82) is 0 Å². The van der Waals surface area contributed by atoms with Gasteiger partial charge >= 0.3 is 5.97 Å². The lowest BCUT2D eigenvalue weighted by Crippen LogP contribution is -2.57. The van der Waals surface area contributed by atoms with Crippen LogP contribution in [-0.2, 0) is 30.4 Å². The Morgan fingerprint density at radius 2 is 1.58 bits per heavy atom. The number of hydrogen-bond donors (Lipinski definition) is 6. The van der Waals surface area contributed by atoms with Crippen molar-refractivity contribution in [3.8, 4) is 0 Å². The highest BCUT2D eigenvalue weighted by atomic mass is 32.2. The first kappa shape index (κ1) is 27.9. The fraction of sp³-hybridized carbons (Fsp3) is 0.476. The fourth-order valence-electron chi connectivity index (χ4n) is 2.82. The molecule has 11 nitrogen and oxygen atoms in total. The molecule has 0 aliphatic carbocycles. The number of carboxylic acids is 1. The van der Waals surface area contributed by atoms with Gasteiger partial charge in [-0.3, -0.25) is 19.2 Å². The molecule has 8 N–H and O–H groups in total. The molecule has 0 aliphatic heterocycles. The second kappa shape index (κ2) is 14.1. The third kappa shape index (κ3) is 10.4. The zero-order valence-corrected chi connectivity index (χ0v) is 19.4. The van der Waals surface area contributed by atoms with Crippen LogP contribution in [0.5, 0.6) is 0 Å². The van der Waals surface area contributed by atoms with Crippen molar-refractivity contribution in [2.24, 2.45) is 11.5 Å². The van der Waals surface area contributed by atoms with Crippen molar-refractivity contribution in [3.63, 3.8) is 0 Å². The van der Waals surface area contributed by atoms with Gasteiger partial charge in [-0.15, -0.1) is 0 Å². The van der Waals surface area contributed by atoms with Crippen molar-refractivity contribution in [2.75, 3.05) is 12.0 Å². The van der Waals surface area contributed by atoms with Gasteiger partial charge in [0.2, 0.25) is 23.6 Å². The quantitative estimate of drug-likeness (QED) is 0.189. The van der Waals surface area contributed by atoms with Gasteiger partial charge in [0.05, 0.1) is 12.5 Å². The van der Waals surface area contributed by atoms with Gasteiger partial charge in [0, 0.05) is 0 Å². The Kier molecular flexibility index (Phi) is 11.9. The van der Waals surface area contributed by atoms with Gasteiger partial charge < -0.3 is 32.5 Å². The maximum Gasteiger partial charge on any atom is 0.326 e. The first-order valence-electron chi connectivity index (χ1n) is 10.3. The van der Waals surface area contributed by atoms with Crippen LogP contribution in [0.2, 0.25) is 0 Å². The van der Waals surface area contributed by atoms with E-state index >= 15 is 0 Å². The summed E-state index contributed by atoms with van der Waals surface area (Å²) in [6.07, 6.45) is 1.67. The van der Waals surface area contributed by atoms with Crippen LogP contribution >= 0.6 is 11.8 Å². The summed E-state index contributed by atoms with van der Waals surface area (Å²) in [5.74, 6) is -3.82. The Bertz CT molecular complexity index is 838. The molecule has 4 atom stereocenters. The van der Waals surface area contributed by atoms with Gasteiger partial charge in [0.1, 0.15) is 18.1 Å². The van der Waals surface area contributed by atoms with E-state index in [2.05, 4.69) is 16.0 Å².